The third-order valence-electron chi connectivity index (χ3n) is 4.27. The molecule has 0 aromatic carbocycles. The molecular weight excluding hydrogens is 248 g/mol. The van der Waals surface area contributed by atoms with Gasteiger partial charge in [-0.25, -0.2) is 0 Å². The Morgan fingerprint density at radius 1 is 1.22 bits per heavy atom. The van der Waals surface area contributed by atoms with Crippen LogP contribution < -0.4 is 0 Å². The molecule has 0 amide bonds. The van der Waals surface area contributed by atoms with Gasteiger partial charge >= 0.3 is 0 Å². The fourth-order valence-corrected chi connectivity index (χ4v) is 2.90. The predicted octanol–water partition coefficient (Wildman–Crippen LogP) is 4.07. The average Bonchev–Trinajstić information content (AvgIpc) is 3.13. The van der Waals surface area contributed by atoms with E-state index in [0.29, 0.717) is 12.0 Å². The van der Waals surface area contributed by atoms with Crippen LogP contribution in [-0.4, -0.2) is 29.3 Å². The lowest BCUT2D eigenvalue weighted by Gasteiger charge is -2.04. The Kier molecular flexibility index (Phi) is 4.10. The van der Waals surface area contributed by atoms with Crippen LogP contribution in [0.5, 0.6) is 0 Å². The van der Waals surface area contributed by atoms with Gasteiger partial charge in [0, 0.05) is 0 Å². The summed E-state index contributed by atoms with van der Waals surface area (Å²) in [5.74, 6) is 0.618. The first-order valence-corrected chi connectivity index (χ1v) is 7.48. The highest BCUT2D eigenvalue weighted by Gasteiger charge is 2.50. The average molecular weight is 273 g/mol. The summed E-state index contributed by atoms with van der Waals surface area (Å²) in [7, 11) is 0. The van der Waals surface area contributed by atoms with Crippen molar-refractivity contribution in [1.82, 2.24) is 0 Å². The number of allylic oxidation sites excluding steroid dienone is 2. The molecule has 0 spiro atoms. The van der Waals surface area contributed by atoms with Gasteiger partial charge in [0.25, 0.3) is 0 Å². The molecule has 0 N–H and O–H groups in total. The molecule has 0 bridgehead atoms. The number of hydrogen-bond donors (Lipinski definition) is 0. The fourth-order valence-electron chi connectivity index (χ4n) is 2.51. The van der Waals surface area contributed by atoms with Crippen molar-refractivity contribution in [2.24, 2.45) is 0 Å². The molecule has 2 aliphatic heterocycles. The molecule has 2 rings (SSSR count). The number of rotatable bonds is 7. The Morgan fingerprint density at radius 3 is 2.39 bits per heavy atom. The van der Waals surface area contributed by atoms with Crippen LogP contribution in [0.2, 0.25) is 0 Å². The second-order valence-electron chi connectivity index (χ2n) is 6.41. The highest BCUT2D eigenvalue weighted by atomic mass is 35.5. The number of hydrogen-bond acceptors (Lipinski definition) is 2. The van der Waals surface area contributed by atoms with Crippen LogP contribution in [0.4, 0.5) is 0 Å². The fraction of sp³-hybridized carbons (Fsp3) is 0.867. The van der Waals surface area contributed by atoms with Crippen LogP contribution >= 0.6 is 11.6 Å². The van der Waals surface area contributed by atoms with Crippen molar-refractivity contribution in [1.29, 1.82) is 0 Å². The first-order chi connectivity index (χ1) is 8.37. The van der Waals surface area contributed by atoms with E-state index in [1.54, 1.807) is 0 Å². The predicted molar refractivity (Wildman–Crippen MR) is 75.2 cm³/mol. The minimum absolute atomic E-state index is 0.0418. The maximum atomic E-state index is 5.79. The molecule has 3 heteroatoms. The minimum Gasteiger partial charge on any atom is -0.367 e. The summed E-state index contributed by atoms with van der Waals surface area (Å²) in [6, 6.07) is 0. The maximum absolute atomic E-state index is 5.79. The highest BCUT2D eigenvalue weighted by Crippen LogP contribution is 2.41. The quantitative estimate of drug-likeness (QED) is 0.397. The lowest BCUT2D eigenvalue weighted by molar-refractivity contribution is 0.300. The van der Waals surface area contributed by atoms with E-state index >= 15 is 0 Å². The molecule has 104 valence electrons. The van der Waals surface area contributed by atoms with Crippen molar-refractivity contribution < 1.29 is 9.47 Å². The SMILES string of the molecule is C/C(=C\CC[C@@]1(C)O[C@@H]1CCl)CCC1OC1(C)C. The third kappa shape index (κ3) is 3.49. The van der Waals surface area contributed by atoms with Gasteiger partial charge in [-0.15, -0.1) is 11.6 Å². The van der Waals surface area contributed by atoms with E-state index in [0.717, 1.165) is 25.7 Å². The first-order valence-electron chi connectivity index (χ1n) is 6.94. The smallest absolute Gasteiger partial charge is 0.101 e. The van der Waals surface area contributed by atoms with Gasteiger partial charge in [-0.05, 0) is 53.4 Å². The molecule has 1 unspecified atom stereocenters. The molecule has 2 fully saturated rings. The van der Waals surface area contributed by atoms with Gasteiger partial charge in [-0.3, -0.25) is 0 Å². The van der Waals surface area contributed by atoms with E-state index in [2.05, 4.69) is 33.8 Å². The van der Waals surface area contributed by atoms with Gasteiger partial charge in [0.15, 0.2) is 0 Å². The van der Waals surface area contributed by atoms with Crippen molar-refractivity contribution in [3.8, 4) is 0 Å². The van der Waals surface area contributed by atoms with E-state index in [4.69, 9.17) is 21.1 Å². The molecule has 3 atom stereocenters. The van der Waals surface area contributed by atoms with Crippen molar-refractivity contribution in [3.05, 3.63) is 11.6 Å². The van der Waals surface area contributed by atoms with Gasteiger partial charge in [-0.2, -0.15) is 0 Å². The van der Waals surface area contributed by atoms with Gasteiger partial charge in [0.2, 0.25) is 0 Å². The Labute approximate surface area is 116 Å². The summed E-state index contributed by atoms with van der Waals surface area (Å²) < 4.78 is 11.2. The topological polar surface area (TPSA) is 25.1 Å². The van der Waals surface area contributed by atoms with Gasteiger partial charge in [0.1, 0.15) is 6.10 Å². The normalized spacial score (nSPS) is 37.7. The van der Waals surface area contributed by atoms with Crippen molar-refractivity contribution in [2.75, 3.05) is 5.88 Å². The van der Waals surface area contributed by atoms with Crippen molar-refractivity contribution in [2.45, 2.75) is 76.8 Å². The van der Waals surface area contributed by atoms with Crippen LogP contribution in [0.25, 0.3) is 0 Å². The molecule has 18 heavy (non-hydrogen) atoms. The van der Waals surface area contributed by atoms with Crippen LogP contribution in [0.1, 0.15) is 53.4 Å². The summed E-state index contributed by atoms with van der Waals surface area (Å²) in [5.41, 5.74) is 1.64. The Hall–Kier alpha value is -0.0500. The van der Waals surface area contributed by atoms with Crippen LogP contribution in [0.15, 0.2) is 11.6 Å². The Balaban J connectivity index is 1.61. The molecule has 2 nitrogen and oxygen atoms in total. The monoisotopic (exact) mass is 272 g/mol. The number of ether oxygens (including phenoxy) is 2. The lowest BCUT2D eigenvalue weighted by Crippen LogP contribution is -2.10. The number of halogens is 1. The summed E-state index contributed by atoms with van der Waals surface area (Å²) in [5, 5.41) is 0. The van der Waals surface area contributed by atoms with E-state index in [1.807, 2.05) is 0 Å². The van der Waals surface area contributed by atoms with Gasteiger partial charge in [-0.1, -0.05) is 11.6 Å². The second kappa shape index (κ2) is 5.15. The van der Waals surface area contributed by atoms with Crippen LogP contribution in [0.3, 0.4) is 0 Å². The zero-order valence-electron chi connectivity index (χ0n) is 12.0. The van der Waals surface area contributed by atoms with Gasteiger partial charge < -0.3 is 9.47 Å². The Bertz CT molecular complexity index is 337. The molecule has 0 aliphatic carbocycles. The van der Waals surface area contributed by atoms with Crippen molar-refractivity contribution in [3.63, 3.8) is 0 Å². The second-order valence-corrected chi connectivity index (χ2v) is 6.72. The lowest BCUT2D eigenvalue weighted by atomic mass is 9.99. The van der Waals surface area contributed by atoms with Crippen LogP contribution in [0, 0.1) is 0 Å². The van der Waals surface area contributed by atoms with E-state index in [9.17, 15) is 0 Å². The Morgan fingerprint density at radius 2 is 1.89 bits per heavy atom. The standard InChI is InChI=1S/C15H25ClO2/c1-11(7-8-12-14(2,3)17-12)6-5-9-15(4)13(10-16)18-15/h6,12-13H,5,7-10H2,1-4H3/b11-6+/t12?,13-,15-/m1/s1. The summed E-state index contributed by atoms with van der Waals surface area (Å²) in [6.45, 7) is 8.69. The molecule has 0 aromatic rings. The van der Waals surface area contributed by atoms with E-state index < -0.39 is 0 Å². The number of epoxide rings is 2. The van der Waals surface area contributed by atoms with Gasteiger partial charge in [0.05, 0.1) is 23.2 Å². The first kappa shape index (κ1) is 14.4. The molecule has 2 saturated heterocycles. The summed E-state index contributed by atoms with van der Waals surface area (Å²) >= 11 is 5.79. The molecule has 0 saturated carbocycles. The maximum Gasteiger partial charge on any atom is 0.101 e. The van der Waals surface area contributed by atoms with Crippen LogP contribution in [-0.2, 0) is 9.47 Å². The molecule has 0 radical (unpaired) electrons. The zero-order valence-corrected chi connectivity index (χ0v) is 12.7. The number of alkyl halides is 1. The third-order valence-corrected chi connectivity index (χ3v) is 4.55. The van der Waals surface area contributed by atoms with E-state index in [-0.39, 0.29) is 17.3 Å². The summed E-state index contributed by atoms with van der Waals surface area (Å²) in [6.07, 6.45) is 7.53. The molecule has 0 aromatic heterocycles. The summed E-state index contributed by atoms with van der Waals surface area (Å²) in [4.78, 5) is 0. The molecular formula is C15H25ClO2. The van der Waals surface area contributed by atoms with Crippen molar-refractivity contribution >= 4 is 11.6 Å². The molecule has 2 heterocycles. The molecule has 2 aliphatic rings. The minimum atomic E-state index is 0.0418. The van der Waals surface area contributed by atoms with E-state index in [1.165, 1.54) is 5.57 Å². The zero-order chi connectivity index (χ0) is 13.4. The largest absolute Gasteiger partial charge is 0.367 e. The highest BCUT2D eigenvalue weighted by molar-refractivity contribution is 6.18.